The molecule has 4 rings (SSSR count). The molecule has 0 unspecified atom stereocenters. The Labute approximate surface area is 129 Å². The van der Waals surface area contributed by atoms with Crippen LogP contribution in [0.1, 0.15) is 36.0 Å². The minimum atomic E-state index is 0. The molecule has 0 amide bonds. The molecule has 0 fully saturated rings. The SMILES string of the molecule is CCCc1cnc2n1N=Cc1cc3c(cc1C2)OCO3.Cl. The third kappa shape index (κ3) is 2.27. The van der Waals surface area contributed by atoms with Crippen LogP contribution in [-0.4, -0.2) is 22.7 Å². The number of aryl methyl sites for hydroxylation is 1. The average Bonchev–Trinajstić information content (AvgIpc) is 3.00. The van der Waals surface area contributed by atoms with Gasteiger partial charge in [0.1, 0.15) is 5.82 Å². The van der Waals surface area contributed by atoms with Crippen LogP contribution < -0.4 is 9.47 Å². The second kappa shape index (κ2) is 5.41. The minimum absolute atomic E-state index is 0. The summed E-state index contributed by atoms with van der Waals surface area (Å²) in [4.78, 5) is 4.50. The van der Waals surface area contributed by atoms with E-state index in [2.05, 4.69) is 17.0 Å². The van der Waals surface area contributed by atoms with Gasteiger partial charge in [-0.15, -0.1) is 12.4 Å². The molecule has 6 heteroatoms. The molecule has 0 radical (unpaired) electrons. The molecule has 0 N–H and O–H groups in total. The highest BCUT2D eigenvalue weighted by Gasteiger charge is 2.20. The highest BCUT2D eigenvalue weighted by molar-refractivity contribution is 5.85. The second-order valence-electron chi connectivity index (χ2n) is 5.05. The third-order valence-corrected chi connectivity index (χ3v) is 3.68. The zero-order valence-corrected chi connectivity index (χ0v) is 12.5. The van der Waals surface area contributed by atoms with Gasteiger partial charge < -0.3 is 9.47 Å². The zero-order valence-electron chi connectivity index (χ0n) is 11.7. The summed E-state index contributed by atoms with van der Waals surface area (Å²) in [5, 5.41) is 4.56. The fourth-order valence-corrected chi connectivity index (χ4v) is 2.68. The Morgan fingerprint density at radius 2 is 2.05 bits per heavy atom. The lowest BCUT2D eigenvalue weighted by molar-refractivity contribution is 0.174. The molecule has 0 aliphatic carbocycles. The van der Waals surface area contributed by atoms with Gasteiger partial charge in [0.25, 0.3) is 0 Å². The number of ether oxygens (including phenoxy) is 2. The quantitative estimate of drug-likeness (QED) is 0.731. The smallest absolute Gasteiger partial charge is 0.231 e. The Morgan fingerprint density at radius 1 is 1.24 bits per heavy atom. The number of hydrogen-bond donors (Lipinski definition) is 0. The van der Waals surface area contributed by atoms with Crippen LogP contribution >= 0.6 is 12.4 Å². The first-order valence-electron chi connectivity index (χ1n) is 6.87. The van der Waals surface area contributed by atoms with Crippen molar-refractivity contribution in [3.05, 3.63) is 41.0 Å². The Bertz CT molecular complexity index is 709. The number of benzene rings is 1. The van der Waals surface area contributed by atoms with Crippen molar-refractivity contribution in [3.8, 4) is 11.5 Å². The molecule has 0 saturated carbocycles. The standard InChI is InChI=1S/C15H15N3O2.ClH/c1-2-3-12-8-16-15-6-10-4-13-14(20-9-19-13)5-11(10)7-17-18(12)15;/h4-5,7-8H,2-3,6,9H2,1H3;1H. The molecular formula is C15H16ClN3O2. The van der Waals surface area contributed by atoms with Crippen LogP contribution in [0, 0.1) is 0 Å². The Morgan fingerprint density at radius 3 is 2.86 bits per heavy atom. The van der Waals surface area contributed by atoms with Crippen LogP contribution in [0.3, 0.4) is 0 Å². The van der Waals surface area contributed by atoms with Crippen molar-refractivity contribution < 1.29 is 9.47 Å². The molecule has 2 aliphatic rings. The van der Waals surface area contributed by atoms with Crippen molar-refractivity contribution in [3.63, 3.8) is 0 Å². The lowest BCUT2D eigenvalue weighted by atomic mass is 10.0. The molecule has 0 bridgehead atoms. The maximum absolute atomic E-state index is 5.44. The van der Waals surface area contributed by atoms with Gasteiger partial charge in [-0.05, 0) is 24.1 Å². The van der Waals surface area contributed by atoms with E-state index < -0.39 is 0 Å². The van der Waals surface area contributed by atoms with Gasteiger partial charge in [-0.25, -0.2) is 9.66 Å². The summed E-state index contributed by atoms with van der Waals surface area (Å²) in [6.45, 7) is 2.46. The third-order valence-electron chi connectivity index (χ3n) is 3.68. The topological polar surface area (TPSA) is 48.6 Å². The van der Waals surface area contributed by atoms with Gasteiger partial charge in [0.15, 0.2) is 11.5 Å². The summed E-state index contributed by atoms with van der Waals surface area (Å²) >= 11 is 0. The van der Waals surface area contributed by atoms with Gasteiger partial charge in [0.2, 0.25) is 6.79 Å². The van der Waals surface area contributed by atoms with Crippen LogP contribution in [0.25, 0.3) is 0 Å². The predicted octanol–water partition coefficient (Wildman–Crippen LogP) is 2.77. The van der Waals surface area contributed by atoms with E-state index in [1.165, 1.54) is 5.56 Å². The fourth-order valence-electron chi connectivity index (χ4n) is 2.68. The van der Waals surface area contributed by atoms with E-state index in [0.29, 0.717) is 6.79 Å². The molecule has 21 heavy (non-hydrogen) atoms. The summed E-state index contributed by atoms with van der Waals surface area (Å²) in [5.41, 5.74) is 3.40. The number of hydrogen-bond acceptors (Lipinski definition) is 4. The normalized spacial score (nSPS) is 14.1. The lowest BCUT2D eigenvalue weighted by Crippen LogP contribution is -2.00. The van der Waals surface area contributed by atoms with Crippen molar-refractivity contribution in [2.75, 3.05) is 6.79 Å². The van der Waals surface area contributed by atoms with Crippen LogP contribution in [0.15, 0.2) is 23.4 Å². The fraction of sp³-hybridized carbons (Fsp3) is 0.333. The average molecular weight is 306 g/mol. The van der Waals surface area contributed by atoms with Crippen molar-refractivity contribution in [1.82, 2.24) is 9.66 Å². The number of aromatic nitrogens is 2. The highest BCUT2D eigenvalue weighted by Crippen LogP contribution is 2.35. The first-order chi connectivity index (χ1) is 9.85. The molecule has 0 atom stereocenters. The molecule has 5 nitrogen and oxygen atoms in total. The summed E-state index contributed by atoms with van der Waals surface area (Å²) in [7, 11) is 0. The van der Waals surface area contributed by atoms with Gasteiger partial charge in [0, 0.05) is 12.0 Å². The van der Waals surface area contributed by atoms with E-state index >= 15 is 0 Å². The summed E-state index contributed by atoms with van der Waals surface area (Å²) in [5.74, 6) is 2.58. The molecule has 3 heterocycles. The van der Waals surface area contributed by atoms with Crippen molar-refractivity contribution in [2.45, 2.75) is 26.2 Å². The monoisotopic (exact) mass is 305 g/mol. The lowest BCUT2D eigenvalue weighted by Gasteiger charge is -2.04. The van der Waals surface area contributed by atoms with E-state index in [1.54, 1.807) is 0 Å². The molecule has 2 aliphatic heterocycles. The van der Waals surface area contributed by atoms with Gasteiger partial charge in [-0.1, -0.05) is 13.3 Å². The number of imidazole rings is 1. The largest absolute Gasteiger partial charge is 0.454 e. The maximum Gasteiger partial charge on any atom is 0.231 e. The van der Waals surface area contributed by atoms with E-state index in [4.69, 9.17) is 9.47 Å². The summed E-state index contributed by atoms with van der Waals surface area (Å²) in [6, 6.07) is 4.03. The molecule has 2 aromatic rings. The summed E-state index contributed by atoms with van der Waals surface area (Å²) < 4.78 is 12.8. The molecule has 1 aromatic carbocycles. The predicted molar refractivity (Wildman–Crippen MR) is 81.8 cm³/mol. The van der Waals surface area contributed by atoms with Crippen molar-refractivity contribution in [2.24, 2.45) is 5.10 Å². The number of fused-ring (bicyclic) bond motifs is 3. The maximum atomic E-state index is 5.44. The van der Waals surface area contributed by atoms with Crippen molar-refractivity contribution >= 4 is 18.6 Å². The Balaban J connectivity index is 0.00000132. The number of nitrogens with zero attached hydrogens (tertiary/aromatic N) is 3. The van der Waals surface area contributed by atoms with Gasteiger partial charge in [-0.2, -0.15) is 5.10 Å². The minimum Gasteiger partial charge on any atom is -0.454 e. The number of rotatable bonds is 2. The Kier molecular flexibility index (Phi) is 3.59. The van der Waals surface area contributed by atoms with Crippen LogP contribution in [0.4, 0.5) is 0 Å². The van der Waals surface area contributed by atoms with E-state index in [0.717, 1.165) is 47.8 Å². The van der Waals surface area contributed by atoms with Gasteiger partial charge in [0.05, 0.1) is 18.1 Å². The Hall–Kier alpha value is -2.01. The van der Waals surface area contributed by atoms with Crippen molar-refractivity contribution in [1.29, 1.82) is 0 Å². The van der Waals surface area contributed by atoms with E-state index in [9.17, 15) is 0 Å². The van der Waals surface area contributed by atoms with Gasteiger partial charge >= 0.3 is 0 Å². The summed E-state index contributed by atoms with van der Waals surface area (Å²) in [6.07, 6.45) is 6.64. The molecule has 0 spiro atoms. The van der Waals surface area contributed by atoms with E-state index in [1.807, 2.05) is 29.2 Å². The molecule has 1 aromatic heterocycles. The molecule has 110 valence electrons. The first kappa shape index (κ1) is 13.9. The first-order valence-corrected chi connectivity index (χ1v) is 6.87. The van der Waals surface area contributed by atoms with Crippen LogP contribution in [0.5, 0.6) is 11.5 Å². The molecule has 0 saturated heterocycles. The zero-order chi connectivity index (χ0) is 13.5. The second-order valence-corrected chi connectivity index (χ2v) is 5.05. The number of halogens is 1. The van der Waals surface area contributed by atoms with Crippen LogP contribution in [-0.2, 0) is 12.8 Å². The molecular weight excluding hydrogens is 290 g/mol. The van der Waals surface area contributed by atoms with E-state index in [-0.39, 0.29) is 12.4 Å². The highest BCUT2D eigenvalue weighted by atomic mass is 35.5. The van der Waals surface area contributed by atoms with Gasteiger partial charge in [-0.3, -0.25) is 0 Å². The van der Waals surface area contributed by atoms with Crippen LogP contribution in [0.2, 0.25) is 0 Å².